The molecule has 2 heterocycles. The number of likely N-dealkylation sites (N-methyl/N-ethyl adjacent to an activating group) is 1. The van der Waals surface area contributed by atoms with E-state index in [1.807, 2.05) is 24.3 Å². The van der Waals surface area contributed by atoms with Gasteiger partial charge in [0.05, 0.1) is 31.6 Å². The molecule has 144 valence electrons. The first kappa shape index (κ1) is 20.5. The quantitative estimate of drug-likeness (QED) is 0.790. The molecule has 2 amide bonds. The Balaban J connectivity index is 0.00000243. The summed E-state index contributed by atoms with van der Waals surface area (Å²) in [6.07, 6.45) is 0.290. The highest BCUT2D eigenvalue weighted by atomic mass is 35.5. The normalized spacial score (nSPS) is 22.5. The van der Waals surface area contributed by atoms with Crippen molar-refractivity contribution in [2.24, 2.45) is 11.7 Å². The fourth-order valence-electron chi connectivity index (χ4n) is 3.31. The molecule has 0 saturated carbocycles. The molecule has 2 bridgehead atoms. The summed E-state index contributed by atoms with van der Waals surface area (Å²) < 4.78 is 11.1. The van der Waals surface area contributed by atoms with Crippen LogP contribution in [0.1, 0.15) is 5.56 Å². The predicted octanol–water partition coefficient (Wildman–Crippen LogP) is 0.304. The van der Waals surface area contributed by atoms with Crippen molar-refractivity contribution < 1.29 is 19.1 Å². The van der Waals surface area contributed by atoms with Gasteiger partial charge in [-0.1, -0.05) is 12.1 Å². The maximum atomic E-state index is 12.8. The summed E-state index contributed by atoms with van der Waals surface area (Å²) in [5.41, 5.74) is 6.34. The summed E-state index contributed by atoms with van der Waals surface area (Å²) in [4.78, 5) is 28.7. The first-order valence-electron chi connectivity index (χ1n) is 8.62. The SMILES string of the molecule is CN1C(=O)[C@H]2COC[C@@H]1CN(C(=O)Cc1cccc(OCCN)c1)C2.Cl. The van der Waals surface area contributed by atoms with Gasteiger partial charge in [-0.05, 0) is 17.7 Å². The Labute approximate surface area is 159 Å². The molecule has 2 N–H and O–H groups in total. The number of amides is 2. The second-order valence-electron chi connectivity index (χ2n) is 6.60. The van der Waals surface area contributed by atoms with Gasteiger partial charge < -0.3 is 25.0 Å². The number of hydrogen-bond donors (Lipinski definition) is 1. The highest BCUT2D eigenvalue weighted by Gasteiger charge is 2.38. The molecule has 0 aromatic heterocycles. The Morgan fingerprint density at radius 2 is 2.15 bits per heavy atom. The van der Waals surface area contributed by atoms with Gasteiger partial charge in [-0.25, -0.2) is 0 Å². The molecule has 1 aromatic carbocycles. The standard InChI is InChI=1S/C18H25N3O4.ClH/c1-20-15-10-21(9-14(18(20)23)11-24-12-15)17(22)8-13-3-2-4-16(7-13)25-6-5-19;/h2-4,7,14-15H,5-6,8-12,19H2,1H3;1H/t14-,15+;/m1./s1. The fourth-order valence-corrected chi connectivity index (χ4v) is 3.31. The summed E-state index contributed by atoms with van der Waals surface area (Å²) in [5.74, 6) is 0.526. The van der Waals surface area contributed by atoms with E-state index in [1.54, 1.807) is 16.8 Å². The summed E-state index contributed by atoms with van der Waals surface area (Å²) >= 11 is 0. The molecule has 2 saturated heterocycles. The molecule has 0 aliphatic carbocycles. The van der Waals surface area contributed by atoms with E-state index >= 15 is 0 Å². The number of carbonyl (C=O) groups is 2. The minimum Gasteiger partial charge on any atom is -0.492 e. The number of fused-ring (bicyclic) bond motifs is 3. The van der Waals surface area contributed by atoms with Crippen molar-refractivity contribution in [1.29, 1.82) is 0 Å². The van der Waals surface area contributed by atoms with Gasteiger partial charge in [0.15, 0.2) is 0 Å². The summed E-state index contributed by atoms with van der Waals surface area (Å²) in [7, 11) is 1.79. The van der Waals surface area contributed by atoms with Crippen LogP contribution in [-0.4, -0.2) is 74.2 Å². The number of nitrogens with zero attached hydrogens (tertiary/aromatic N) is 2. The number of halogens is 1. The largest absolute Gasteiger partial charge is 0.492 e. The molecule has 3 rings (SSSR count). The first-order chi connectivity index (χ1) is 12.1. The van der Waals surface area contributed by atoms with Crippen molar-refractivity contribution in [1.82, 2.24) is 9.80 Å². The molecule has 2 aliphatic heterocycles. The third-order valence-corrected chi connectivity index (χ3v) is 4.74. The van der Waals surface area contributed by atoms with E-state index in [0.717, 1.165) is 5.56 Å². The van der Waals surface area contributed by atoms with Crippen LogP contribution in [0.4, 0.5) is 0 Å². The van der Waals surface area contributed by atoms with Crippen molar-refractivity contribution in [2.45, 2.75) is 12.5 Å². The van der Waals surface area contributed by atoms with Gasteiger partial charge in [-0.2, -0.15) is 0 Å². The highest BCUT2D eigenvalue weighted by molar-refractivity contribution is 5.85. The van der Waals surface area contributed by atoms with E-state index < -0.39 is 0 Å². The fraction of sp³-hybridized carbons (Fsp3) is 0.556. The van der Waals surface area contributed by atoms with Gasteiger partial charge in [-0.3, -0.25) is 9.59 Å². The molecule has 0 unspecified atom stereocenters. The lowest BCUT2D eigenvalue weighted by molar-refractivity contribution is -0.134. The predicted molar refractivity (Wildman–Crippen MR) is 99.4 cm³/mol. The maximum Gasteiger partial charge on any atom is 0.229 e. The molecule has 7 nitrogen and oxygen atoms in total. The van der Waals surface area contributed by atoms with E-state index in [-0.39, 0.29) is 42.6 Å². The van der Waals surface area contributed by atoms with Gasteiger partial charge in [0.25, 0.3) is 0 Å². The number of carbonyl (C=O) groups excluding carboxylic acids is 2. The Bertz CT molecular complexity index is 643. The van der Waals surface area contributed by atoms with E-state index in [1.165, 1.54) is 0 Å². The van der Waals surface area contributed by atoms with Gasteiger partial charge in [0.2, 0.25) is 11.8 Å². The molecule has 0 radical (unpaired) electrons. The lowest BCUT2D eigenvalue weighted by Gasteiger charge is -2.29. The second-order valence-corrected chi connectivity index (χ2v) is 6.60. The third kappa shape index (κ3) is 4.66. The van der Waals surface area contributed by atoms with Crippen molar-refractivity contribution >= 4 is 24.2 Å². The zero-order valence-electron chi connectivity index (χ0n) is 14.9. The zero-order valence-corrected chi connectivity index (χ0v) is 15.7. The molecular formula is C18H26ClN3O4. The van der Waals surface area contributed by atoms with E-state index in [2.05, 4.69) is 0 Å². The van der Waals surface area contributed by atoms with Crippen LogP contribution in [-0.2, 0) is 20.7 Å². The van der Waals surface area contributed by atoms with Crippen LogP contribution < -0.4 is 10.5 Å². The number of benzene rings is 1. The first-order valence-corrected chi connectivity index (χ1v) is 8.62. The lowest BCUT2D eigenvalue weighted by atomic mass is 10.1. The van der Waals surface area contributed by atoms with E-state index in [0.29, 0.717) is 45.2 Å². The van der Waals surface area contributed by atoms with Gasteiger partial charge in [-0.15, -0.1) is 12.4 Å². The molecule has 26 heavy (non-hydrogen) atoms. The van der Waals surface area contributed by atoms with Gasteiger partial charge in [0, 0.05) is 26.7 Å². The minimum absolute atomic E-state index is 0. The Kier molecular flexibility index (Phi) is 7.25. The number of nitrogens with two attached hydrogens (primary N) is 1. The van der Waals surface area contributed by atoms with Crippen LogP contribution in [0.2, 0.25) is 0 Å². The number of ether oxygens (including phenoxy) is 2. The van der Waals surface area contributed by atoms with Crippen LogP contribution in [0.3, 0.4) is 0 Å². The van der Waals surface area contributed by atoms with Crippen LogP contribution in [0, 0.1) is 5.92 Å². The minimum atomic E-state index is -0.277. The zero-order chi connectivity index (χ0) is 17.8. The second kappa shape index (κ2) is 9.21. The lowest BCUT2D eigenvalue weighted by Crippen LogP contribution is -2.45. The van der Waals surface area contributed by atoms with E-state index in [4.69, 9.17) is 15.2 Å². The van der Waals surface area contributed by atoms with Crippen LogP contribution in [0.25, 0.3) is 0 Å². The highest BCUT2D eigenvalue weighted by Crippen LogP contribution is 2.21. The molecule has 2 aliphatic rings. The molecule has 2 fully saturated rings. The monoisotopic (exact) mass is 383 g/mol. The molecule has 2 atom stereocenters. The third-order valence-electron chi connectivity index (χ3n) is 4.74. The average Bonchev–Trinajstić information content (AvgIpc) is 2.78. The summed E-state index contributed by atoms with van der Waals surface area (Å²) in [5, 5.41) is 0. The number of rotatable bonds is 5. The smallest absolute Gasteiger partial charge is 0.229 e. The summed E-state index contributed by atoms with van der Waals surface area (Å²) in [6.45, 7) is 2.68. The van der Waals surface area contributed by atoms with Crippen molar-refractivity contribution in [3.63, 3.8) is 0 Å². The van der Waals surface area contributed by atoms with E-state index in [9.17, 15) is 9.59 Å². The van der Waals surface area contributed by atoms with Crippen molar-refractivity contribution in [3.8, 4) is 5.75 Å². The summed E-state index contributed by atoms with van der Waals surface area (Å²) in [6, 6.07) is 7.42. The van der Waals surface area contributed by atoms with Crippen molar-refractivity contribution in [3.05, 3.63) is 29.8 Å². The van der Waals surface area contributed by atoms with Crippen LogP contribution in [0.15, 0.2) is 24.3 Å². The Morgan fingerprint density at radius 3 is 2.92 bits per heavy atom. The molecule has 0 spiro atoms. The average molecular weight is 384 g/mol. The van der Waals surface area contributed by atoms with Crippen molar-refractivity contribution in [2.75, 3.05) is 46.5 Å². The van der Waals surface area contributed by atoms with Crippen LogP contribution >= 0.6 is 12.4 Å². The topological polar surface area (TPSA) is 85.1 Å². The Morgan fingerprint density at radius 1 is 1.35 bits per heavy atom. The van der Waals surface area contributed by atoms with Gasteiger partial charge in [0.1, 0.15) is 12.4 Å². The Hall–Kier alpha value is -1.83. The van der Waals surface area contributed by atoms with Gasteiger partial charge >= 0.3 is 0 Å². The molecule has 8 heteroatoms. The van der Waals surface area contributed by atoms with Crippen LogP contribution in [0.5, 0.6) is 5.75 Å². The molecule has 1 aromatic rings. The number of hydrogen-bond acceptors (Lipinski definition) is 5. The molecular weight excluding hydrogens is 358 g/mol. The maximum absolute atomic E-state index is 12.8.